The molecule has 0 heterocycles. The Morgan fingerprint density at radius 1 is 1.55 bits per heavy atom. The Labute approximate surface area is 68.9 Å². The standard InChI is InChI=1S/C9H18N2/c1-11-7-9(10)6-8-4-2-3-5-8/h7-8,11H,2-6,10H2,1H3/b9-7-. The van der Waals surface area contributed by atoms with Crippen LogP contribution in [0.25, 0.3) is 0 Å². The molecule has 2 heteroatoms. The van der Waals surface area contributed by atoms with Gasteiger partial charge in [0.1, 0.15) is 0 Å². The molecular weight excluding hydrogens is 136 g/mol. The average molecular weight is 154 g/mol. The van der Waals surface area contributed by atoms with Crippen molar-refractivity contribution in [3.8, 4) is 0 Å². The van der Waals surface area contributed by atoms with Gasteiger partial charge in [0.2, 0.25) is 0 Å². The SMILES string of the molecule is CN/C=C(\N)CC1CCCC1. The van der Waals surface area contributed by atoms with E-state index in [-0.39, 0.29) is 0 Å². The molecule has 0 radical (unpaired) electrons. The fraction of sp³-hybridized carbons (Fsp3) is 0.778. The predicted molar refractivity (Wildman–Crippen MR) is 47.9 cm³/mol. The molecular formula is C9H18N2. The first kappa shape index (κ1) is 8.44. The van der Waals surface area contributed by atoms with Gasteiger partial charge in [0.25, 0.3) is 0 Å². The van der Waals surface area contributed by atoms with Crippen molar-refractivity contribution in [2.24, 2.45) is 11.7 Å². The van der Waals surface area contributed by atoms with Gasteiger partial charge in [-0.25, -0.2) is 0 Å². The van der Waals surface area contributed by atoms with Gasteiger partial charge in [-0.2, -0.15) is 0 Å². The average Bonchev–Trinajstić information content (AvgIpc) is 2.40. The van der Waals surface area contributed by atoms with Crippen molar-refractivity contribution in [1.29, 1.82) is 0 Å². The molecule has 0 amide bonds. The van der Waals surface area contributed by atoms with Gasteiger partial charge in [-0.1, -0.05) is 25.7 Å². The highest BCUT2D eigenvalue weighted by Crippen LogP contribution is 2.28. The van der Waals surface area contributed by atoms with Crippen molar-refractivity contribution < 1.29 is 0 Å². The molecule has 0 aromatic heterocycles. The van der Waals surface area contributed by atoms with Crippen LogP contribution in [-0.4, -0.2) is 7.05 Å². The van der Waals surface area contributed by atoms with Crippen LogP contribution in [0.1, 0.15) is 32.1 Å². The number of nitrogens with one attached hydrogen (secondary N) is 1. The van der Waals surface area contributed by atoms with Gasteiger partial charge in [0, 0.05) is 18.9 Å². The molecule has 0 aromatic carbocycles. The number of rotatable bonds is 3. The van der Waals surface area contributed by atoms with Crippen LogP contribution in [0.2, 0.25) is 0 Å². The first-order valence-corrected chi connectivity index (χ1v) is 4.44. The maximum atomic E-state index is 5.76. The molecule has 2 nitrogen and oxygen atoms in total. The number of hydrogen-bond donors (Lipinski definition) is 2. The minimum atomic E-state index is 0.861. The topological polar surface area (TPSA) is 38.0 Å². The van der Waals surface area contributed by atoms with Crippen LogP contribution in [0, 0.1) is 5.92 Å². The van der Waals surface area contributed by atoms with E-state index in [1.54, 1.807) is 0 Å². The molecule has 0 saturated heterocycles. The summed E-state index contributed by atoms with van der Waals surface area (Å²) < 4.78 is 0. The van der Waals surface area contributed by atoms with Gasteiger partial charge in [-0.15, -0.1) is 0 Å². The van der Waals surface area contributed by atoms with Crippen LogP contribution >= 0.6 is 0 Å². The minimum Gasteiger partial charge on any atom is -0.401 e. The molecule has 0 atom stereocenters. The summed E-state index contributed by atoms with van der Waals surface area (Å²) in [6, 6.07) is 0. The second-order valence-electron chi connectivity index (χ2n) is 3.36. The summed E-state index contributed by atoms with van der Waals surface area (Å²) in [7, 11) is 1.89. The van der Waals surface area contributed by atoms with Crippen molar-refractivity contribution in [2.75, 3.05) is 7.05 Å². The molecule has 3 N–H and O–H groups in total. The second-order valence-corrected chi connectivity index (χ2v) is 3.36. The van der Waals surface area contributed by atoms with Gasteiger partial charge in [-0.05, 0) is 12.3 Å². The van der Waals surface area contributed by atoms with Crippen molar-refractivity contribution >= 4 is 0 Å². The molecule has 0 aromatic rings. The molecule has 1 fully saturated rings. The predicted octanol–water partition coefficient (Wildman–Crippen LogP) is 1.59. The van der Waals surface area contributed by atoms with Crippen LogP contribution in [0.15, 0.2) is 11.9 Å². The lowest BCUT2D eigenvalue weighted by Crippen LogP contribution is -2.08. The first-order valence-electron chi connectivity index (χ1n) is 4.44. The van der Waals surface area contributed by atoms with Crippen molar-refractivity contribution in [2.45, 2.75) is 32.1 Å². The second kappa shape index (κ2) is 4.27. The Morgan fingerprint density at radius 2 is 2.18 bits per heavy atom. The molecule has 1 aliphatic carbocycles. The lowest BCUT2D eigenvalue weighted by atomic mass is 10.0. The summed E-state index contributed by atoms with van der Waals surface area (Å²) in [6.45, 7) is 0. The molecule has 0 spiro atoms. The molecule has 0 bridgehead atoms. The molecule has 0 unspecified atom stereocenters. The van der Waals surface area contributed by atoms with Crippen LogP contribution < -0.4 is 11.1 Å². The molecule has 11 heavy (non-hydrogen) atoms. The van der Waals surface area contributed by atoms with Gasteiger partial charge in [0.15, 0.2) is 0 Å². The highest BCUT2D eigenvalue weighted by molar-refractivity contribution is 4.96. The third-order valence-electron chi connectivity index (χ3n) is 2.33. The Hall–Kier alpha value is -0.660. The number of nitrogens with two attached hydrogens (primary N) is 1. The molecule has 1 saturated carbocycles. The third-order valence-corrected chi connectivity index (χ3v) is 2.33. The molecule has 64 valence electrons. The minimum absolute atomic E-state index is 0.861. The summed E-state index contributed by atoms with van der Waals surface area (Å²) in [4.78, 5) is 0. The fourth-order valence-corrected chi connectivity index (χ4v) is 1.79. The zero-order valence-electron chi connectivity index (χ0n) is 7.27. The van der Waals surface area contributed by atoms with E-state index in [4.69, 9.17) is 5.73 Å². The number of hydrogen-bond acceptors (Lipinski definition) is 2. The molecule has 1 rings (SSSR count). The smallest absolute Gasteiger partial charge is 0.0243 e. The van der Waals surface area contributed by atoms with Gasteiger partial charge < -0.3 is 11.1 Å². The summed E-state index contributed by atoms with van der Waals surface area (Å²) in [5.41, 5.74) is 6.76. The largest absolute Gasteiger partial charge is 0.401 e. The Kier molecular flexibility index (Phi) is 3.27. The molecule has 1 aliphatic rings. The van der Waals surface area contributed by atoms with Gasteiger partial charge in [0.05, 0.1) is 0 Å². The van der Waals surface area contributed by atoms with E-state index in [0.29, 0.717) is 0 Å². The van der Waals surface area contributed by atoms with E-state index in [0.717, 1.165) is 18.0 Å². The monoisotopic (exact) mass is 154 g/mol. The van der Waals surface area contributed by atoms with E-state index in [2.05, 4.69) is 5.32 Å². The van der Waals surface area contributed by atoms with E-state index in [1.807, 2.05) is 13.2 Å². The maximum absolute atomic E-state index is 5.76. The Morgan fingerprint density at radius 3 is 2.73 bits per heavy atom. The third kappa shape index (κ3) is 2.83. The van der Waals surface area contributed by atoms with Crippen molar-refractivity contribution in [1.82, 2.24) is 5.32 Å². The van der Waals surface area contributed by atoms with E-state index < -0.39 is 0 Å². The Balaban J connectivity index is 2.23. The van der Waals surface area contributed by atoms with E-state index in [1.165, 1.54) is 25.7 Å². The zero-order chi connectivity index (χ0) is 8.10. The van der Waals surface area contributed by atoms with Crippen LogP contribution in [0.5, 0.6) is 0 Å². The summed E-state index contributed by atoms with van der Waals surface area (Å²) in [5, 5.41) is 2.95. The highest BCUT2D eigenvalue weighted by Gasteiger charge is 2.14. The highest BCUT2D eigenvalue weighted by atomic mass is 14.8. The summed E-state index contributed by atoms with van der Waals surface area (Å²) in [6.07, 6.45) is 8.53. The quantitative estimate of drug-likeness (QED) is 0.647. The van der Waals surface area contributed by atoms with Crippen LogP contribution in [-0.2, 0) is 0 Å². The van der Waals surface area contributed by atoms with Crippen LogP contribution in [0.4, 0.5) is 0 Å². The van der Waals surface area contributed by atoms with E-state index >= 15 is 0 Å². The molecule has 0 aliphatic heterocycles. The van der Waals surface area contributed by atoms with Crippen molar-refractivity contribution in [3.63, 3.8) is 0 Å². The first-order chi connectivity index (χ1) is 5.33. The summed E-state index contributed by atoms with van der Waals surface area (Å²) in [5.74, 6) is 0.861. The lowest BCUT2D eigenvalue weighted by Gasteiger charge is -2.07. The normalized spacial score (nSPS) is 20.6. The van der Waals surface area contributed by atoms with Gasteiger partial charge in [-0.3, -0.25) is 0 Å². The Bertz CT molecular complexity index is 134. The fourth-order valence-electron chi connectivity index (χ4n) is 1.79. The maximum Gasteiger partial charge on any atom is 0.0243 e. The van der Waals surface area contributed by atoms with E-state index in [9.17, 15) is 0 Å². The lowest BCUT2D eigenvalue weighted by molar-refractivity contribution is 0.539. The number of allylic oxidation sites excluding steroid dienone is 1. The van der Waals surface area contributed by atoms with Crippen molar-refractivity contribution in [3.05, 3.63) is 11.9 Å². The van der Waals surface area contributed by atoms with Crippen LogP contribution in [0.3, 0.4) is 0 Å². The summed E-state index contributed by atoms with van der Waals surface area (Å²) >= 11 is 0. The van der Waals surface area contributed by atoms with Gasteiger partial charge >= 0.3 is 0 Å². The zero-order valence-corrected chi connectivity index (χ0v) is 7.27.